The van der Waals surface area contributed by atoms with Crippen LogP contribution in [-0.2, 0) is 0 Å². The average molecular weight is 369 g/mol. The molecule has 1 aromatic carbocycles. The van der Waals surface area contributed by atoms with Crippen molar-refractivity contribution in [1.29, 1.82) is 5.26 Å². The first-order valence-corrected chi connectivity index (χ1v) is 6.43. The van der Waals surface area contributed by atoms with Gasteiger partial charge in [0.15, 0.2) is 0 Å². The van der Waals surface area contributed by atoms with Gasteiger partial charge < -0.3 is 11.1 Å². The molecule has 0 atom stereocenters. The Morgan fingerprint density at radius 1 is 1.33 bits per heavy atom. The third kappa shape index (κ3) is 2.78. The molecule has 0 amide bonds. The van der Waals surface area contributed by atoms with Crippen LogP contribution in [-0.4, -0.2) is 9.97 Å². The number of aromatic nitrogens is 2. The van der Waals surface area contributed by atoms with E-state index in [1.54, 1.807) is 18.3 Å². The third-order valence-electron chi connectivity index (χ3n) is 2.12. The lowest BCUT2D eigenvalue weighted by Gasteiger charge is -2.09. The molecule has 0 spiro atoms. The van der Waals surface area contributed by atoms with Gasteiger partial charge in [0, 0.05) is 10.7 Å². The summed E-state index contributed by atoms with van der Waals surface area (Å²) in [5, 5.41) is 12.1. The van der Waals surface area contributed by atoms with Gasteiger partial charge in [0.25, 0.3) is 0 Å². The Morgan fingerprint density at radius 2 is 2.11 bits per heavy atom. The zero-order valence-corrected chi connectivity index (χ0v) is 12.2. The van der Waals surface area contributed by atoms with Crippen molar-refractivity contribution >= 4 is 49.3 Å². The van der Waals surface area contributed by atoms with Gasteiger partial charge in [0.05, 0.1) is 15.7 Å². The monoisotopic (exact) mass is 367 g/mol. The van der Waals surface area contributed by atoms with Crippen molar-refractivity contribution in [3.05, 3.63) is 38.9 Å². The van der Waals surface area contributed by atoms with Gasteiger partial charge in [-0.25, -0.2) is 4.98 Å². The number of nitrogens with two attached hydrogens (primary N) is 1. The largest absolute Gasteiger partial charge is 0.368 e. The molecule has 0 bridgehead atoms. The molecule has 0 radical (unpaired) electrons. The van der Waals surface area contributed by atoms with Crippen molar-refractivity contribution in [3.8, 4) is 6.07 Å². The average Bonchev–Trinajstić information content (AvgIpc) is 2.36. The highest BCUT2D eigenvalue weighted by Crippen LogP contribution is 2.27. The summed E-state index contributed by atoms with van der Waals surface area (Å²) in [5.74, 6) is 0.678. The molecule has 0 saturated heterocycles. The number of hydrogen-bond donors (Lipinski definition) is 2. The summed E-state index contributed by atoms with van der Waals surface area (Å²) >= 11 is 6.63. The van der Waals surface area contributed by atoms with Gasteiger partial charge in [-0.1, -0.05) is 15.9 Å². The molecule has 7 heteroatoms. The molecular formula is C11H7Br2N5. The lowest BCUT2D eigenvalue weighted by atomic mass is 10.2. The summed E-state index contributed by atoms with van der Waals surface area (Å²) in [5.41, 5.74) is 6.68. The molecule has 0 fully saturated rings. The second kappa shape index (κ2) is 5.33. The van der Waals surface area contributed by atoms with E-state index in [1.807, 2.05) is 6.07 Å². The summed E-state index contributed by atoms with van der Waals surface area (Å²) in [6.07, 6.45) is 1.55. The zero-order chi connectivity index (χ0) is 13.1. The Balaban J connectivity index is 2.40. The fourth-order valence-electron chi connectivity index (χ4n) is 1.31. The first-order chi connectivity index (χ1) is 8.60. The highest BCUT2D eigenvalue weighted by Gasteiger charge is 2.07. The van der Waals surface area contributed by atoms with Crippen LogP contribution in [0.2, 0.25) is 0 Å². The Kier molecular flexibility index (Phi) is 3.79. The van der Waals surface area contributed by atoms with Crippen LogP contribution in [0, 0.1) is 11.3 Å². The topological polar surface area (TPSA) is 87.6 Å². The van der Waals surface area contributed by atoms with Gasteiger partial charge in [-0.15, -0.1) is 0 Å². The zero-order valence-electron chi connectivity index (χ0n) is 8.98. The number of nitrogens with one attached hydrogen (secondary N) is 1. The van der Waals surface area contributed by atoms with E-state index in [4.69, 9.17) is 11.0 Å². The summed E-state index contributed by atoms with van der Waals surface area (Å²) < 4.78 is 1.51. The Bertz CT molecular complexity index is 636. The number of halogens is 2. The normalized spacial score (nSPS) is 9.83. The van der Waals surface area contributed by atoms with Crippen LogP contribution in [0.5, 0.6) is 0 Å². The highest BCUT2D eigenvalue weighted by molar-refractivity contribution is 9.10. The number of nitriles is 1. The molecule has 0 aliphatic heterocycles. The molecule has 1 heterocycles. The van der Waals surface area contributed by atoms with E-state index >= 15 is 0 Å². The van der Waals surface area contributed by atoms with Crippen molar-refractivity contribution in [3.63, 3.8) is 0 Å². The molecule has 90 valence electrons. The SMILES string of the molecule is N#Cc1cc(Br)ccc1Nc1nc(N)ncc1Br. The second-order valence-corrected chi connectivity index (χ2v) is 5.12. The molecule has 5 nitrogen and oxygen atoms in total. The van der Waals surface area contributed by atoms with E-state index in [-0.39, 0.29) is 5.95 Å². The Morgan fingerprint density at radius 3 is 2.83 bits per heavy atom. The van der Waals surface area contributed by atoms with Crippen molar-refractivity contribution in [1.82, 2.24) is 9.97 Å². The van der Waals surface area contributed by atoms with Crippen LogP contribution >= 0.6 is 31.9 Å². The van der Waals surface area contributed by atoms with E-state index in [0.29, 0.717) is 21.5 Å². The molecule has 0 unspecified atom stereocenters. The lowest BCUT2D eigenvalue weighted by molar-refractivity contribution is 1.17. The molecule has 2 aromatic rings. The lowest BCUT2D eigenvalue weighted by Crippen LogP contribution is -2.01. The van der Waals surface area contributed by atoms with E-state index in [0.717, 1.165) is 4.47 Å². The minimum atomic E-state index is 0.163. The maximum absolute atomic E-state index is 9.06. The van der Waals surface area contributed by atoms with Gasteiger partial charge in [-0.2, -0.15) is 10.2 Å². The number of anilines is 3. The summed E-state index contributed by atoms with van der Waals surface area (Å²) in [6.45, 7) is 0. The maximum atomic E-state index is 9.06. The minimum Gasteiger partial charge on any atom is -0.368 e. The molecule has 0 aliphatic rings. The smallest absolute Gasteiger partial charge is 0.222 e. The van der Waals surface area contributed by atoms with Crippen molar-refractivity contribution in [2.45, 2.75) is 0 Å². The molecule has 18 heavy (non-hydrogen) atoms. The molecule has 0 aliphatic carbocycles. The quantitative estimate of drug-likeness (QED) is 0.849. The fourth-order valence-corrected chi connectivity index (χ4v) is 1.97. The van der Waals surface area contributed by atoms with E-state index in [2.05, 4.69) is 53.2 Å². The van der Waals surface area contributed by atoms with Crippen LogP contribution in [0.3, 0.4) is 0 Å². The predicted molar refractivity (Wildman–Crippen MR) is 76.3 cm³/mol. The van der Waals surface area contributed by atoms with Crippen LogP contribution in [0.1, 0.15) is 5.56 Å². The Labute approximate surface area is 120 Å². The van der Waals surface area contributed by atoms with E-state index < -0.39 is 0 Å². The molecule has 2 rings (SSSR count). The fraction of sp³-hybridized carbons (Fsp3) is 0. The van der Waals surface area contributed by atoms with Gasteiger partial charge in [0.2, 0.25) is 5.95 Å². The van der Waals surface area contributed by atoms with Gasteiger partial charge in [-0.3, -0.25) is 0 Å². The van der Waals surface area contributed by atoms with Crippen LogP contribution in [0.4, 0.5) is 17.5 Å². The maximum Gasteiger partial charge on any atom is 0.222 e. The highest BCUT2D eigenvalue weighted by atomic mass is 79.9. The number of nitrogen functional groups attached to an aromatic ring is 1. The van der Waals surface area contributed by atoms with Crippen molar-refractivity contribution < 1.29 is 0 Å². The molecule has 3 N–H and O–H groups in total. The standard InChI is InChI=1S/C11H7Br2N5/c12-7-1-2-9(6(3-7)4-14)17-10-8(13)5-16-11(15)18-10/h1-3,5H,(H3,15,16,17,18). The number of nitrogens with zero attached hydrogens (tertiary/aromatic N) is 3. The van der Waals surface area contributed by atoms with Crippen LogP contribution < -0.4 is 11.1 Å². The van der Waals surface area contributed by atoms with E-state index in [1.165, 1.54) is 0 Å². The number of benzene rings is 1. The predicted octanol–water partition coefficient (Wildman–Crippen LogP) is 3.20. The van der Waals surface area contributed by atoms with Gasteiger partial charge in [-0.05, 0) is 34.1 Å². The number of hydrogen-bond acceptors (Lipinski definition) is 5. The summed E-state index contributed by atoms with van der Waals surface area (Å²) in [6, 6.07) is 7.45. The minimum absolute atomic E-state index is 0.163. The van der Waals surface area contributed by atoms with Crippen molar-refractivity contribution in [2.75, 3.05) is 11.1 Å². The Hall–Kier alpha value is -1.65. The van der Waals surface area contributed by atoms with Gasteiger partial charge >= 0.3 is 0 Å². The third-order valence-corrected chi connectivity index (χ3v) is 3.19. The van der Waals surface area contributed by atoms with Crippen LogP contribution in [0.25, 0.3) is 0 Å². The molecule has 0 saturated carbocycles. The molecule has 1 aromatic heterocycles. The first kappa shape index (κ1) is 12.8. The first-order valence-electron chi connectivity index (χ1n) is 4.85. The second-order valence-electron chi connectivity index (χ2n) is 3.35. The number of rotatable bonds is 2. The molecular weight excluding hydrogens is 362 g/mol. The van der Waals surface area contributed by atoms with Crippen LogP contribution in [0.15, 0.2) is 33.3 Å². The summed E-state index contributed by atoms with van der Waals surface area (Å²) in [4.78, 5) is 7.90. The van der Waals surface area contributed by atoms with Crippen molar-refractivity contribution in [2.24, 2.45) is 0 Å². The van der Waals surface area contributed by atoms with E-state index in [9.17, 15) is 0 Å². The summed E-state index contributed by atoms with van der Waals surface area (Å²) in [7, 11) is 0. The van der Waals surface area contributed by atoms with Gasteiger partial charge in [0.1, 0.15) is 11.9 Å².